The van der Waals surface area contributed by atoms with Crippen LogP contribution in [0, 0.1) is 0 Å². The lowest BCUT2D eigenvalue weighted by molar-refractivity contribution is -0.0441. The van der Waals surface area contributed by atoms with Gasteiger partial charge >= 0.3 is 24.3 Å². The molecule has 0 aliphatic carbocycles. The van der Waals surface area contributed by atoms with Crippen LogP contribution in [0.25, 0.3) is 0 Å². The molecule has 128 valence electrons. The summed E-state index contributed by atoms with van der Waals surface area (Å²) < 4.78 is 95.9. The lowest BCUT2D eigenvalue weighted by Crippen LogP contribution is -2.44. The Labute approximate surface area is 122 Å². The second-order valence-corrected chi connectivity index (χ2v) is 10.6. The largest absolute Gasteiger partial charge is 0.512 e. The van der Waals surface area contributed by atoms with Crippen molar-refractivity contribution in [3.63, 3.8) is 0 Å². The summed E-state index contributed by atoms with van der Waals surface area (Å²) in [5, 5.41) is 0. The molecule has 14 heteroatoms. The number of halogens is 3. The fourth-order valence-corrected chi connectivity index (χ4v) is 5.84. The average molecular weight is 375 g/mol. The quantitative estimate of drug-likeness (QED) is 0.566. The van der Waals surface area contributed by atoms with Gasteiger partial charge < -0.3 is 13.3 Å². The van der Waals surface area contributed by atoms with Crippen molar-refractivity contribution >= 4 is 28.9 Å². The van der Waals surface area contributed by atoms with Crippen molar-refractivity contribution in [2.45, 2.75) is 18.0 Å². The maximum absolute atomic E-state index is 12.1. The van der Waals surface area contributed by atoms with Crippen molar-refractivity contribution in [1.82, 2.24) is 4.13 Å². The number of hydrogen-bond donors (Lipinski definition) is 1. The molecule has 0 radical (unpaired) electrons. The first-order valence-electron chi connectivity index (χ1n) is 5.33. The third kappa shape index (κ3) is 6.17. The molecule has 0 heterocycles. The van der Waals surface area contributed by atoms with E-state index in [1.54, 1.807) is 0 Å². The van der Waals surface area contributed by atoms with Crippen LogP contribution in [0.2, 0.25) is 6.04 Å². The zero-order valence-corrected chi connectivity index (χ0v) is 14.1. The normalized spacial score (nSPS) is 14.4. The van der Waals surface area contributed by atoms with Gasteiger partial charge in [0, 0.05) is 27.4 Å². The van der Waals surface area contributed by atoms with Crippen LogP contribution >= 0.6 is 0 Å². The van der Waals surface area contributed by atoms with Gasteiger partial charge in [0.15, 0.2) is 0 Å². The Morgan fingerprint density at radius 2 is 1.43 bits per heavy atom. The van der Waals surface area contributed by atoms with E-state index in [9.17, 15) is 30.0 Å². The Kier molecular flexibility index (Phi) is 7.25. The van der Waals surface area contributed by atoms with E-state index < -0.39 is 40.1 Å². The highest BCUT2D eigenvalue weighted by Gasteiger charge is 2.48. The summed E-state index contributed by atoms with van der Waals surface area (Å²) in [6.45, 7) is 0. The lowest BCUT2D eigenvalue weighted by atomic mass is 10.6. The molecule has 0 spiro atoms. The first-order valence-corrected chi connectivity index (χ1v) is 10.4. The van der Waals surface area contributed by atoms with Gasteiger partial charge in [-0.1, -0.05) is 0 Å². The SMILES string of the molecule is CO[Si](CCCS(=O)(=O)NS(=O)(=O)C(F)(F)F)(OC)OC. The van der Waals surface area contributed by atoms with Gasteiger partial charge in [-0.2, -0.15) is 13.2 Å². The van der Waals surface area contributed by atoms with Crippen molar-refractivity contribution in [2.24, 2.45) is 0 Å². The molecule has 0 aromatic heterocycles. The first kappa shape index (κ1) is 20.7. The molecule has 0 aliphatic rings. The zero-order valence-electron chi connectivity index (χ0n) is 11.4. The molecule has 0 fully saturated rings. The van der Waals surface area contributed by atoms with E-state index in [2.05, 4.69) is 0 Å². The summed E-state index contributed by atoms with van der Waals surface area (Å²) in [7, 11) is -9.87. The predicted octanol–water partition coefficient (Wildman–Crippen LogP) is 0.0236. The molecule has 21 heavy (non-hydrogen) atoms. The van der Waals surface area contributed by atoms with E-state index in [4.69, 9.17) is 13.3 Å². The minimum absolute atomic E-state index is 0.0104. The van der Waals surface area contributed by atoms with Crippen molar-refractivity contribution in [3.8, 4) is 0 Å². The van der Waals surface area contributed by atoms with Gasteiger partial charge in [0.2, 0.25) is 10.0 Å². The Hall–Kier alpha value is -0.253. The molecule has 0 bridgehead atoms. The van der Waals surface area contributed by atoms with Gasteiger partial charge in [0.1, 0.15) is 0 Å². The van der Waals surface area contributed by atoms with Crippen LogP contribution < -0.4 is 4.13 Å². The number of hydrogen-bond acceptors (Lipinski definition) is 7. The van der Waals surface area contributed by atoms with Crippen LogP contribution in [0.15, 0.2) is 0 Å². The third-order valence-corrected chi connectivity index (χ3v) is 8.53. The van der Waals surface area contributed by atoms with Crippen LogP contribution in [0.3, 0.4) is 0 Å². The van der Waals surface area contributed by atoms with Crippen LogP contribution in [0.1, 0.15) is 6.42 Å². The van der Waals surface area contributed by atoms with Crippen LogP contribution in [0.4, 0.5) is 13.2 Å². The van der Waals surface area contributed by atoms with Gasteiger partial charge in [-0.15, -0.1) is 4.13 Å². The van der Waals surface area contributed by atoms with E-state index in [0.29, 0.717) is 4.13 Å². The topological polar surface area (TPSA) is 108 Å². The maximum Gasteiger partial charge on any atom is 0.512 e. The molecule has 0 atom stereocenters. The Morgan fingerprint density at radius 3 is 1.76 bits per heavy atom. The number of rotatable bonds is 9. The monoisotopic (exact) mass is 375 g/mol. The van der Waals surface area contributed by atoms with Crippen molar-refractivity contribution < 1.29 is 43.3 Å². The van der Waals surface area contributed by atoms with Crippen LogP contribution in [-0.4, -0.2) is 58.2 Å². The molecular weight excluding hydrogens is 359 g/mol. The smallest absolute Gasteiger partial charge is 0.377 e. The first-order chi connectivity index (χ1) is 9.35. The lowest BCUT2D eigenvalue weighted by Gasteiger charge is -2.24. The summed E-state index contributed by atoms with van der Waals surface area (Å²) in [6.07, 6.45) is -0.204. The number of nitrogens with one attached hydrogen (secondary N) is 1. The highest BCUT2D eigenvalue weighted by atomic mass is 32.3. The number of alkyl halides is 3. The molecule has 0 unspecified atom stereocenters. The summed E-state index contributed by atoms with van der Waals surface area (Å²) in [6, 6.07) is -0.0104. The van der Waals surface area contributed by atoms with Crippen LogP contribution in [-0.2, 0) is 33.3 Å². The van der Waals surface area contributed by atoms with Crippen molar-refractivity contribution in [3.05, 3.63) is 0 Å². The van der Waals surface area contributed by atoms with Crippen LogP contribution in [0.5, 0.6) is 0 Å². The van der Waals surface area contributed by atoms with Gasteiger partial charge in [-0.3, -0.25) is 0 Å². The summed E-state index contributed by atoms with van der Waals surface area (Å²) >= 11 is 0. The van der Waals surface area contributed by atoms with Gasteiger partial charge in [-0.25, -0.2) is 16.8 Å². The van der Waals surface area contributed by atoms with Crippen molar-refractivity contribution in [2.75, 3.05) is 27.1 Å². The molecule has 0 amide bonds. The summed E-state index contributed by atoms with van der Waals surface area (Å²) in [5.41, 5.74) is -5.70. The molecule has 1 N–H and O–H groups in total. The van der Waals surface area contributed by atoms with E-state index >= 15 is 0 Å². The molecule has 0 aromatic carbocycles. The predicted molar refractivity (Wildman–Crippen MR) is 68.1 cm³/mol. The van der Waals surface area contributed by atoms with E-state index in [0.717, 1.165) is 0 Å². The van der Waals surface area contributed by atoms with Gasteiger partial charge in [-0.05, 0) is 6.42 Å². The van der Waals surface area contributed by atoms with Crippen molar-refractivity contribution in [1.29, 1.82) is 0 Å². The molecule has 8 nitrogen and oxygen atoms in total. The molecule has 0 aliphatic heterocycles. The molecular formula is C7H16F3NO7S2Si. The highest BCUT2D eigenvalue weighted by Crippen LogP contribution is 2.22. The standard InChI is InChI=1S/C7H16F3NO7S2Si/c1-16-21(17-2,18-3)6-4-5-19(12,13)11-20(14,15)7(8,9)10/h11H,4-6H2,1-3H3. The zero-order chi connectivity index (χ0) is 16.9. The molecule has 0 saturated heterocycles. The second kappa shape index (κ2) is 7.34. The van der Waals surface area contributed by atoms with Gasteiger partial charge in [0.25, 0.3) is 0 Å². The molecule has 0 saturated carbocycles. The Balaban J connectivity index is 4.74. The van der Waals surface area contributed by atoms with E-state index in [1.807, 2.05) is 0 Å². The summed E-state index contributed by atoms with van der Waals surface area (Å²) in [4.78, 5) is 0. The van der Waals surface area contributed by atoms with Gasteiger partial charge in [0.05, 0.1) is 5.75 Å². The van der Waals surface area contributed by atoms with E-state index in [-0.39, 0.29) is 12.5 Å². The maximum atomic E-state index is 12.1. The highest BCUT2D eigenvalue weighted by molar-refractivity contribution is 8.05. The Bertz CT molecular complexity index is 521. The minimum atomic E-state index is -5.96. The number of sulfonamides is 2. The molecule has 0 aromatic rings. The molecule has 0 rings (SSSR count). The minimum Gasteiger partial charge on any atom is -0.377 e. The van der Waals surface area contributed by atoms with E-state index in [1.165, 1.54) is 21.3 Å². The average Bonchev–Trinajstić information content (AvgIpc) is 2.32. The fraction of sp³-hybridized carbons (Fsp3) is 1.00. The second-order valence-electron chi connectivity index (χ2n) is 3.75. The fourth-order valence-electron chi connectivity index (χ4n) is 1.29. The third-order valence-electron chi connectivity index (χ3n) is 2.37. The Morgan fingerprint density at radius 1 is 1.00 bits per heavy atom. The summed E-state index contributed by atoms with van der Waals surface area (Å²) in [5.74, 6) is -0.854.